The minimum Gasteiger partial charge on any atom is -0.497 e. The number of likely N-dealkylation sites (N-methyl/N-ethyl adjacent to an activating group) is 2. The smallest absolute Gasteiger partial charge is 0.236 e. The number of carbonyl (C=O) groups excluding carboxylic acids is 1. The van der Waals surface area contributed by atoms with Gasteiger partial charge in [0.25, 0.3) is 0 Å². The number of ether oxygens (including phenoxy) is 1. The SMILES string of the molecule is COc1ccc2cc(CN(C)CC(=O)N(C)C)c(Cl)nc2c1. The van der Waals surface area contributed by atoms with Crippen LogP contribution in [0.4, 0.5) is 0 Å². The summed E-state index contributed by atoms with van der Waals surface area (Å²) < 4.78 is 5.19. The van der Waals surface area contributed by atoms with Gasteiger partial charge in [0.05, 0.1) is 19.2 Å². The van der Waals surface area contributed by atoms with E-state index < -0.39 is 0 Å². The van der Waals surface area contributed by atoms with Crippen LogP contribution in [0.3, 0.4) is 0 Å². The van der Waals surface area contributed by atoms with Gasteiger partial charge in [-0.1, -0.05) is 11.6 Å². The number of nitrogens with zero attached hydrogens (tertiary/aromatic N) is 3. The summed E-state index contributed by atoms with van der Waals surface area (Å²) in [6.45, 7) is 0.900. The molecule has 0 fully saturated rings. The number of fused-ring (bicyclic) bond motifs is 1. The van der Waals surface area contributed by atoms with Gasteiger partial charge >= 0.3 is 0 Å². The molecule has 1 heterocycles. The molecule has 0 radical (unpaired) electrons. The van der Waals surface area contributed by atoms with Gasteiger partial charge in [-0.2, -0.15) is 0 Å². The topological polar surface area (TPSA) is 45.7 Å². The fraction of sp³-hybridized carbons (Fsp3) is 0.375. The first kappa shape index (κ1) is 16.5. The lowest BCUT2D eigenvalue weighted by molar-refractivity contribution is -0.129. The van der Waals surface area contributed by atoms with Crippen molar-refractivity contribution in [2.75, 3.05) is 34.8 Å². The molecule has 0 N–H and O–H groups in total. The van der Waals surface area contributed by atoms with Gasteiger partial charge in [0.1, 0.15) is 10.9 Å². The van der Waals surface area contributed by atoms with E-state index in [0.29, 0.717) is 18.2 Å². The van der Waals surface area contributed by atoms with Gasteiger partial charge in [0, 0.05) is 37.7 Å². The third-order valence-electron chi connectivity index (χ3n) is 3.40. The largest absolute Gasteiger partial charge is 0.497 e. The van der Waals surface area contributed by atoms with Gasteiger partial charge < -0.3 is 9.64 Å². The molecule has 6 heteroatoms. The first-order chi connectivity index (χ1) is 10.4. The number of pyridine rings is 1. The van der Waals surface area contributed by atoms with Crippen LogP contribution in [0.15, 0.2) is 24.3 Å². The number of rotatable bonds is 5. The molecule has 0 aliphatic heterocycles. The highest BCUT2D eigenvalue weighted by Gasteiger charge is 2.12. The molecule has 0 spiro atoms. The molecular weight excluding hydrogens is 302 g/mol. The van der Waals surface area contributed by atoms with Crippen molar-refractivity contribution in [2.45, 2.75) is 6.54 Å². The molecule has 22 heavy (non-hydrogen) atoms. The van der Waals surface area contributed by atoms with Crippen molar-refractivity contribution in [3.63, 3.8) is 0 Å². The first-order valence-electron chi connectivity index (χ1n) is 6.92. The number of carbonyl (C=O) groups is 1. The second-order valence-corrected chi connectivity index (χ2v) is 5.82. The highest BCUT2D eigenvalue weighted by Crippen LogP contribution is 2.24. The molecular formula is C16H20ClN3O2. The van der Waals surface area contributed by atoms with E-state index in [4.69, 9.17) is 16.3 Å². The molecule has 0 saturated carbocycles. The molecule has 0 bridgehead atoms. The second-order valence-electron chi connectivity index (χ2n) is 5.46. The number of hydrogen-bond donors (Lipinski definition) is 0. The third-order valence-corrected chi connectivity index (χ3v) is 3.72. The Morgan fingerprint density at radius 1 is 1.27 bits per heavy atom. The molecule has 2 rings (SSSR count). The van der Waals surface area contributed by atoms with Gasteiger partial charge in [0.15, 0.2) is 0 Å². The maximum atomic E-state index is 11.7. The average molecular weight is 322 g/mol. The number of methoxy groups -OCH3 is 1. The van der Waals surface area contributed by atoms with E-state index in [1.807, 2.05) is 36.2 Å². The lowest BCUT2D eigenvalue weighted by atomic mass is 10.1. The van der Waals surface area contributed by atoms with Crippen LogP contribution in [0.5, 0.6) is 5.75 Å². The fourth-order valence-corrected chi connectivity index (χ4v) is 2.33. The van der Waals surface area contributed by atoms with E-state index in [-0.39, 0.29) is 5.91 Å². The average Bonchev–Trinajstić information content (AvgIpc) is 2.47. The zero-order valence-electron chi connectivity index (χ0n) is 13.3. The summed E-state index contributed by atoms with van der Waals surface area (Å²) in [5, 5.41) is 1.44. The summed E-state index contributed by atoms with van der Waals surface area (Å²) in [6, 6.07) is 7.69. The van der Waals surface area contributed by atoms with Gasteiger partial charge in [-0.05, 0) is 25.2 Å². The molecule has 0 aliphatic rings. The molecule has 1 amide bonds. The number of hydrogen-bond acceptors (Lipinski definition) is 4. The molecule has 118 valence electrons. The van der Waals surface area contributed by atoms with Crippen LogP contribution in [0.1, 0.15) is 5.56 Å². The van der Waals surface area contributed by atoms with E-state index in [1.165, 1.54) is 0 Å². The third kappa shape index (κ3) is 3.87. The summed E-state index contributed by atoms with van der Waals surface area (Å²) in [4.78, 5) is 19.6. The van der Waals surface area contributed by atoms with E-state index in [1.54, 1.807) is 26.1 Å². The Morgan fingerprint density at radius 3 is 2.64 bits per heavy atom. The highest BCUT2D eigenvalue weighted by molar-refractivity contribution is 6.30. The number of benzene rings is 1. The first-order valence-corrected chi connectivity index (χ1v) is 7.30. The van der Waals surface area contributed by atoms with E-state index in [0.717, 1.165) is 22.2 Å². The van der Waals surface area contributed by atoms with Crippen LogP contribution in [-0.2, 0) is 11.3 Å². The lowest BCUT2D eigenvalue weighted by Gasteiger charge is -2.19. The standard InChI is InChI=1S/C16H20ClN3O2/c1-19(2)15(21)10-20(3)9-12-7-11-5-6-13(22-4)8-14(11)18-16(12)17/h5-8H,9-10H2,1-4H3. The number of halogens is 1. The number of aromatic nitrogens is 1. The van der Waals surface area contributed by atoms with Crippen molar-refractivity contribution < 1.29 is 9.53 Å². The van der Waals surface area contributed by atoms with Crippen molar-refractivity contribution in [3.8, 4) is 5.75 Å². The predicted octanol–water partition coefficient (Wildman–Crippen LogP) is 2.42. The molecule has 1 aromatic carbocycles. The Morgan fingerprint density at radius 2 is 2.00 bits per heavy atom. The van der Waals surface area contributed by atoms with Crippen LogP contribution in [0.2, 0.25) is 5.15 Å². The Kier molecular flexibility index (Phi) is 5.21. The van der Waals surface area contributed by atoms with Crippen LogP contribution in [-0.4, -0.2) is 55.5 Å². The van der Waals surface area contributed by atoms with Crippen molar-refractivity contribution in [1.82, 2.24) is 14.8 Å². The summed E-state index contributed by atoms with van der Waals surface area (Å²) >= 11 is 6.27. The highest BCUT2D eigenvalue weighted by atomic mass is 35.5. The molecule has 5 nitrogen and oxygen atoms in total. The van der Waals surface area contributed by atoms with Crippen molar-refractivity contribution in [2.24, 2.45) is 0 Å². The van der Waals surface area contributed by atoms with E-state index >= 15 is 0 Å². The van der Waals surface area contributed by atoms with Crippen molar-refractivity contribution in [1.29, 1.82) is 0 Å². The number of amides is 1. The Balaban J connectivity index is 2.21. The van der Waals surface area contributed by atoms with Crippen LogP contribution in [0.25, 0.3) is 10.9 Å². The lowest BCUT2D eigenvalue weighted by Crippen LogP contribution is -2.34. The molecule has 0 aliphatic carbocycles. The van der Waals surface area contributed by atoms with Crippen molar-refractivity contribution >= 4 is 28.4 Å². The molecule has 0 saturated heterocycles. The second kappa shape index (κ2) is 6.94. The summed E-state index contributed by atoms with van der Waals surface area (Å²) in [5.74, 6) is 0.801. The maximum Gasteiger partial charge on any atom is 0.236 e. The normalized spacial score (nSPS) is 11.0. The van der Waals surface area contributed by atoms with Crippen molar-refractivity contribution in [3.05, 3.63) is 35.0 Å². The van der Waals surface area contributed by atoms with E-state index in [9.17, 15) is 4.79 Å². The molecule has 0 unspecified atom stereocenters. The minimum atomic E-state index is 0.0529. The summed E-state index contributed by atoms with van der Waals surface area (Å²) in [5.41, 5.74) is 1.69. The van der Waals surface area contributed by atoms with Gasteiger partial charge in [-0.15, -0.1) is 0 Å². The zero-order valence-corrected chi connectivity index (χ0v) is 14.0. The van der Waals surface area contributed by atoms with Gasteiger partial charge in [-0.3, -0.25) is 9.69 Å². The van der Waals surface area contributed by atoms with Crippen LogP contribution >= 0.6 is 11.6 Å². The zero-order chi connectivity index (χ0) is 16.3. The van der Waals surface area contributed by atoms with Gasteiger partial charge in [0.2, 0.25) is 5.91 Å². The predicted molar refractivity (Wildman–Crippen MR) is 88.3 cm³/mol. The van der Waals surface area contributed by atoms with Crippen LogP contribution in [0, 0.1) is 0 Å². The molecule has 2 aromatic rings. The Hall–Kier alpha value is -1.85. The van der Waals surface area contributed by atoms with Gasteiger partial charge in [-0.25, -0.2) is 4.98 Å². The summed E-state index contributed by atoms with van der Waals surface area (Å²) in [6.07, 6.45) is 0. The fourth-order valence-electron chi connectivity index (χ4n) is 2.12. The molecule has 0 atom stereocenters. The Labute approximate surface area is 135 Å². The van der Waals surface area contributed by atoms with E-state index in [2.05, 4.69) is 4.98 Å². The minimum absolute atomic E-state index is 0.0529. The summed E-state index contributed by atoms with van der Waals surface area (Å²) in [7, 11) is 6.99. The monoisotopic (exact) mass is 321 g/mol. The Bertz CT molecular complexity index is 688. The quantitative estimate of drug-likeness (QED) is 0.793. The molecule has 1 aromatic heterocycles. The van der Waals surface area contributed by atoms with Crippen LogP contribution < -0.4 is 4.74 Å². The maximum absolute atomic E-state index is 11.7.